The maximum atomic E-state index is 11.4. The summed E-state index contributed by atoms with van der Waals surface area (Å²) in [6.45, 7) is 0. The number of aromatic nitrogens is 3. The Morgan fingerprint density at radius 3 is 1.53 bits per heavy atom. The van der Waals surface area contributed by atoms with E-state index in [0.717, 1.165) is 0 Å². The number of hydrogen-bond acceptors (Lipinski definition) is 13. The molecule has 5 aromatic rings. The molecule has 17 nitrogen and oxygen atoms in total. The van der Waals surface area contributed by atoms with Crippen LogP contribution in [-0.2, 0) is 20.2 Å². The molecule has 0 aliphatic rings. The number of H-pyrrole nitrogens is 2. The summed E-state index contributed by atoms with van der Waals surface area (Å²) in [6.07, 6.45) is 0. The summed E-state index contributed by atoms with van der Waals surface area (Å²) in [5.74, 6) is 0.615. The van der Waals surface area contributed by atoms with Gasteiger partial charge in [-0.3, -0.25) is 14.1 Å². The highest BCUT2D eigenvalue weighted by Gasteiger charge is 2.11. The normalized spacial score (nSPS) is 13.0. The molecule has 0 aliphatic carbocycles. The van der Waals surface area contributed by atoms with Gasteiger partial charge in [-0.1, -0.05) is 12.1 Å². The fraction of sp³-hybridized carbons (Fsp3) is 0.0690. The molecule has 4 N–H and O–H groups in total. The smallest absolute Gasteiger partial charge is 0.294 e. The maximum absolute atomic E-state index is 11.4. The van der Waals surface area contributed by atoms with E-state index in [1.54, 1.807) is 36.4 Å². The molecule has 0 radical (unpaired) electrons. The molecule has 0 bridgehead atoms. The number of azo groups is 2. The van der Waals surface area contributed by atoms with Gasteiger partial charge in [-0.15, -0.1) is 0 Å². The van der Waals surface area contributed by atoms with E-state index in [0.29, 0.717) is 34.2 Å². The minimum atomic E-state index is -4.39. The zero-order chi connectivity index (χ0) is 35.2. The standard InChI is InChI=1S/C29H24ClN9O8S2/c1-46-25-15-19(38-36-17-5-3-7-21(13-17)48(40,41)42)9-11-23(25)31-28-33-27(30)34-29(35-28)32-24-12-10-20(16-26(24)47-2)39-37-18-6-4-8-22(14-18)49(43,44)45/h3-16H,1-2H3,(H,40,41,42)(H,43,44,45)(H2,31,32,33,34,35). The molecule has 0 unspecified atom stereocenters. The van der Waals surface area contributed by atoms with E-state index in [9.17, 15) is 25.9 Å². The van der Waals surface area contributed by atoms with Gasteiger partial charge in [0.05, 0.1) is 46.8 Å². The van der Waals surface area contributed by atoms with Crippen molar-refractivity contribution in [2.45, 2.75) is 9.79 Å². The molecule has 0 spiro atoms. The van der Waals surface area contributed by atoms with Crippen molar-refractivity contribution in [1.82, 2.24) is 15.0 Å². The summed E-state index contributed by atoms with van der Waals surface area (Å²) < 4.78 is 75.0. The van der Waals surface area contributed by atoms with Crippen LogP contribution >= 0.6 is 11.6 Å². The molecule has 49 heavy (non-hydrogen) atoms. The first kappa shape index (κ1) is 34.7. The molecule has 5 rings (SSSR count). The summed E-state index contributed by atoms with van der Waals surface area (Å²) in [5.41, 5.74) is 2.07. The Labute approximate surface area is 283 Å². The molecule has 0 saturated carbocycles. The maximum Gasteiger partial charge on any atom is 0.294 e. The number of aromatic amines is 2. The molecule has 252 valence electrons. The minimum absolute atomic E-state index is 0.0377. The lowest BCUT2D eigenvalue weighted by molar-refractivity contribution is 0.416. The average Bonchev–Trinajstić information content (AvgIpc) is 3.06. The first-order chi connectivity index (χ1) is 23.3. The van der Waals surface area contributed by atoms with Gasteiger partial charge in [0.1, 0.15) is 22.9 Å². The summed E-state index contributed by atoms with van der Waals surface area (Å²) in [7, 11) is -5.92. The van der Waals surface area contributed by atoms with Crippen LogP contribution in [0.4, 0.5) is 34.1 Å². The lowest BCUT2D eigenvalue weighted by Gasteiger charge is -2.05. The van der Waals surface area contributed by atoms with Gasteiger partial charge in [0.25, 0.3) is 20.2 Å². The van der Waals surface area contributed by atoms with Crippen molar-refractivity contribution < 1.29 is 35.4 Å². The monoisotopic (exact) mass is 725 g/mol. The van der Waals surface area contributed by atoms with Crippen molar-refractivity contribution >= 4 is 66.0 Å². The Morgan fingerprint density at radius 1 is 0.633 bits per heavy atom. The molecular weight excluding hydrogens is 702 g/mol. The van der Waals surface area contributed by atoms with Gasteiger partial charge in [0.15, 0.2) is 0 Å². The predicted molar refractivity (Wildman–Crippen MR) is 175 cm³/mol. The lowest BCUT2D eigenvalue weighted by Crippen LogP contribution is -2.26. The number of hydrogen-bond donors (Lipinski definition) is 4. The Morgan fingerprint density at radius 2 is 1.08 bits per heavy atom. The van der Waals surface area contributed by atoms with E-state index >= 15 is 0 Å². The van der Waals surface area contributed by atoms with E-state index in [4.69, 9.17) is 21.1 Å². The van der Waals surface area contributed by atoms with E-state index in [-0.39, 0.29) is 37.7 Å². The van der Waals surface area contributed by atoms with Crippen molar-refractivity contribution in [2.75, 3.05) is 14.2 Å². The van der Waals surface area contributed by atoms with Gasteiger partial charge in [0, 0.05) is 12.1 Å². The fourth-order valence-corrected chi connectivity index (χ4v) is 5.22. The Balaban J connectivity index is 1.41. The summed E-state index contributed by atoms with van der Waals surface area (Å²) in [4.78, 5) is 18.2. The number of ether oxygens (including phenoxy) is 2. The average molecular weight is 726 g/mol. The van der Waals surface area contributed by atoms with Crippen molar-refractivity contribution in [3.8, 4) is 11.5 Å². The minimum Gasteiger partial charge on any atom is -0.494 e. The molecule has 4 aromatic carbocycles. The van der Waals surface area contributed by atoms with Crippen LogP contribution in [0.1, 0.15) is 0 Å². The molecule has 1 aromatic heterocycles. The molecule has 1 heterocycles. The van der Waals surface area contributed by atoms with E-state index < -0.39 is 20.2 Å². The van der Waals surface area contributed by atoms with Crippen molar-refractivity contribution in [1.29, 1.82) is 0 Å². The number of methoxy groups -OCH3 is 2. The Bertz CT molecular complexity index is 2300. The highest BCUT2D eigenvalue weighted by molar-refractivity contribution is 7.86. The third-order valence-corrected chi connectivity index (χ3v) is 8.11. The van der Waals surface area contributed by atoms with E-state index in [2.05, 4.69) is 45.4 Å². The second kappa shape index (κ2) is 14.7. The van der Waals surface area contributed by atoms with Crippen LogP contribution in [-0.4, -0.2) is 55.1 Å². The number of nitrogens with zero attached hydrogens (tertiary/aromatic N) is 7. The van der Waals surface area contributed by atoms with E-state index in [1.165, 1.54) is 62.8 Å². The van der Waals surface area contributed by atoms with Crippen LogP contribution < -0.4 is 20.7 Å². The van der Waals surface area contributed by atoms with Gasteiger partial charge in [-0.05, 0) is 72.3 Å². The molecule has 0 atom stereocenters. The summed E-state index contributed by atoms with van der Waals surface area (Å²) in [5, 5.41) is 16.2. The number of halogens is 1. The predicted octanol–water partition coefficient (Wildman–Crippen LogP) is 6.20. The summed E-state index contributed by atoms with van der Waals surface area (Å²) >= 11 is 6.23. The molecule has 0 aliphatic heterocycles. The molecule has 0 saturated heterocycles. The van der Waals surface area contributed by atoms with Crippen LogP contribution in [0.2, 0.25) is 5.28 Å². The third kappa shape index (κ3) is 9.27. The SMILES string of the molecule is COc1cc(N=Nc2cccc(S(=O)(=O)O)c2)ccc1N=c1nc(Cl)[nH]c(=Nc2ccc(N=Nc3cccc(S(=O)(=O)O)c3)cc2OC)[nH]1. The zero-order valence-electron chi connectivity index (χ0n) is 25.3. The van der Waals surface area contributed by atoms with E-state index in [1.807, 2.05) is 0 Å². The van der Waals surface area contributed by atoms with Crippen LogP contribution in [0.5, 0.6) is 11.5 Å². The Hall–Kier alpha value is -5.60. The molecular formula is C29H24ClN9O8S2. The van der Waals surface area contributed by atoms with Gasteiger partial charge in [-0.25, -0.2) is 9.98 Å². The van der Waals surface area contributed by atoms with Crippen molar-refractivity contribution in [2.24, 2.45) is 30.4 Å². The molecule has 0 fully saturated rings. The van der Waals surface area contributed by atoms with Crippen molar-refractivity contribution in [3.05, 3.63) is 101 Å². The lowest BCUT2D eigenvalue weighted by atomic mass is 10.2. The van der Waals surface area contributed by atoms with Crippen LogP contribution in [0.3, 0.4) is 0 Å². The fourth-order valence-electron chi connectivity index (χ4n) is 4.01. The second-order valence-electron chi connectivity index (χ2n) is 9.61. The Kier molecular flexibility index (Phi) is 10.4. The molecule has 20 heteroatoms. The zero-order valence-corrected chi connectivity index (χ0v) is 27.6. The largest absolute Gasteiger partial charge is 0.494 e. The van der Waals surface area contributed by atoms with Crippen LogP contribution in [0.15, 0.2) is 125 Å². The number of nitrogens with one attached hydrogen (secondary N) is 2. The second-order valence-corrected chi connectivity index (χ2v) is 12.8. The number of rotatable bonds is 10. The molecule has 0 amide bonds. The number of benzene rings is 4. The van der Waals surface area contributed by atoms with Gasteiger partial charge in [0.2, 0.25) is 16.5 Å². The first-order valence-corrected chi connectivity index (χ1v) is 16.9. The topological polar surface area (TPSA) is 246 Å². The highest BCUT2D eigenvalue weighted by Crippen LogP contribution is 2.33. The van der Waals surface area contributed by atoms with Gasteiger partial charge in [-0.2, -0.15) is 42.3 Å². The third-order valence-electron chi connectivity index (χ3n) is 6.23. The highest BCUT2D eigenvalue weighted by atomic mass is 35.5. The quantitative estimate of drug-likeness (QED) is 0.0944. The van der Waals surface area contributed by atoms with Crippen molar-refractivity contribution in [3.63, 3.8) is 0 Å². The van der Waals surface area contributed by atoms with Crippen LogP contribution in [0.25, 0.3) is 0 Å². The first-order valence-electron chi connectivity index (χ1n) is 13.6. The van der Waals surface area contributed by atoms with Gasteiger partial charge < -0.3 is 14.5 Å². The van der Waals surface area contributed by atoms with Gasteiger partial charge >= 0.3 is 0 Å². The van der Waals surface area contributed by atoms with Crippen LogP contribution in [0, 0.1) is 0 Å². The summed E-state index contributed by atoms with van der Waals surface area (Å²) in [6, 6.07) is 20.2.